The van der Waals surface area contributed by atoms with Crippen LogP contribution in [0.1, 0.15) is 18.4 Å². The van der Waals surface area contributed by atoms with Crippen LogP contribution in [-0.2, 0) is 10.2 Å². The summed E-state index contributed by atoms with van der Waals surface area (Å²) in [5.74, 6) is 0.758. The third-order valence-electron chi connectivity index (χ3n) is 3.10. The summed E-state index contributed by atoms with van der Waals surface area (Å²) in [4.78, 5) is 12.1. The van der Waals surface area contributed by atoms with Crippen LogP contribution in [0.3, 0.4) is 0 Å². The van der Waals surface area contributed by atoms with Gasteiger partial charge in [0.1, 0.15) is 5.75 Å². The molecular weight excluding hydrogens is 284 g/mol. The van der Waals surface area contributed by atoms with Gasteiger partial charge in [0.05, 0.1) is 12.5 Å². The first-order chi connectivity index (χ1) is 8.14. The average molecular weight is 299 g/mol. The van der Waals surface area contributed by atoms with Gasteiger partial charge in [-0.25, -0.2) is 5.43 Å². The van der Waals surface area contributed by atoms with Crippen LogP contribution in [0.4, 0.5) is 0 Å². The Morgan fingerprint density at radius 1 is 1.47 bits per heavy atom. The largest absolute Gasteiger partial charge is 0.496 e. The van der Waals surface area contributed by atoms with E-state index in [-0.39, 0.29) is 5.91 Å². The molecule has 1 fully saturated rings. The fourth-order valence-corrected chi connectivity index (χ4v) is 2.39. The fraction of sp³-hybridized carbons (Fsp3) is 0.417. The van der Waals surface area contributed by atoms with Crippen LogP contribution >= 0.6 is 15.9 Å². The number of amides is 1. The van der Waals surface area contributed by atoms with Gasteiger partial charge in [0.15, 0.2) is 0 Å². The van der Waals surface area contributed by atoms with Gasteiger partial charge in [-0.2, -0.15) is 0 Å². The maximum Gasteiger partial charge on any atom is 0.244 e. The molecule has 0 unspecified atom stereocenters. The first-order valence-electron chi connectivity index (χ1n) is 5.45. The van der Waals surface area contributed by atoms with E-state index in [1.807, 2.05) is 18.2 Å². The van der Waals surface area contributed by atoms with Crippen molar-refractivity contribution in [2.45, 2.75) is 18.3 Å². The van der Waals surface area contributed by atoms with Gasteiger partial charge in [0.2, 0.25) is 5.91 Å². The van der Waals surface area contributed by atoms with E-state index in [4.69, 9.17) is 4.74 Å². The maximum absolute atomic E-state index is 12.1. The van der Waals surface area contributed by atoms with Crippen LogP contribution in [0.2, 0.25) is 0 Å². The highest BCUT2D eigenvalue weighted by Gasteiger charge is 2.52. The molecule has 0 heterocycles. The summed E-state index contributed by atoms with van der Waals surface area (Å²) >= 11 is 3.43. The molecule has 0 saturated heterocycles. The zero-order valence-electron chi connectivity index (χ0n) is 9.84. The summed E-state index contributed by atoms with van der Waals surface area (Å²) in [7, 11) is 3.31. The molecule has 0 radical (unpaired) electrons. The predicted octanol–water partition coefficient (Wildman–Crippen LogP) is 1.74. The molecule has 5 heteroatoms. The van der Waals surface area contributed by atoms with Crippen LogP contribution in [0, 0.1) is 0 Å². The van der Waals surface area contributed by atoms with Crippen molar-refractivity contribution in [2.24, 2.45) is 0 Å². The summed E-state index contributed by atoms with van der Waals surface area (Å²) in [6.45, 7) is 0. The Kier molecular flexibility index (Phi) is 3.40. The molecule has 2 N–H and O–H groups in total. The topological polar surface area (TPSA) is 50.4 Å². The summed E-state index contributed by atoms with van der Waals surface area (Å²) in [5, 5.41) is 0. The molecule has 1 aromatic rings. The first-order valence-corrected chi connectivity index (χ1v) is 6.24. The molecular formula is C12H15BrN2O2. The van der Waals surface area contributed by atoms with Crippen molar-refractivity contribution in [3.8, 4) is 5.75 Å². The minimum absolute atomic E-state index is 0.00333. The van der Waals surface area contributed by atoms with Gasteiger partial charge in [0.25, 0.3) is 0 Å². The first kappa shape index (κ1) is 12.4. The molecule has 1 aromatic carbocycles. The Morgan fingerprint density at radius 2 is 2.18 bits per heavy atom. The minimum Gasteiger partial charge on any atom is -0.496 e. The molecule has 92 valence electrons. The number of hydrogen-bond donors (Lipinski definition) is 2. The molecule has 17 heavy (non-hydrogen) atoms. The monoisotopic (exact) mass is 298 g/mol. The predicted molar refractivity (Wildman–Crippen MR) is 68.8 cm³/mol. The number of methoxy groups -OCH3 is 1. The summed E-state index contributed by atoms with van der Waals surface area (Å²) in [6.07, 6.45) is 1.71. The van der Waals surface area contributed by atoms with Gasteiger partial charge in [-0.05, 0) is 31.0 Å². The lowest BCUT2D eigenvalue weighted by Crippen LogP contribution is -2.41. The normalized spacial score (nSPS) is 16.4. The summed E-state index contributed by atoms with van der Waals surface area (Å²) in [6, 6.07) is 5.75. The van der Waals surface area contributed by atoms with E-state index in [0.29, 0.717) is 0 Å². The zero-order valence-corrected chi connectivity index (χ0v) is 11.4. The highest BCUT2D eigenvalue weighted by Crippen LogP contribution is 2.51. The van der Waals surface area contributed by atoms with Crippen LogP contribution in [0.5, 0.6) is 5.75 Å². The Bertz CT molecular complexity index is 444. The molecule has 1 aliphatic carbocycles. The number of nitrogens with one attached hydrogen (secondary N) is 2. The summed E-state index contributed by atoms with van der Waals surface area (Å²) in [5.41, 5.74) is 5.86. The fourth-order valence-electron chi connectivity index (χ4n) is 2.03. The molecule has 1 amide bonds. The van der Waals surface area contributed by atoms with E-state index >= 15 is 0 Å². The van der Waals surface area contributed by atoms with Crippen molar-refractivity contribution in [3.05, 3.63) is 28.2 Å². The van der Waals surface area contributed by atoms with Gasteiger partial charge in [-0.15, -0.1) is 0 Å². The molecule has 4 nitrogen and oxygen atoms in total. The Labute approximate surface area is 109 Å². The van der Waals surface area contributed by atoms with Gasteiger partial charge in [-0.1, -0.05) is 15.9 Å². The van der Waals surface area contributed by atoms with E-state index < -0.39 is 5.41 Å². The van der Waals surface area contributed by atoms with Crippen molar-refractivity contribution < 1.29 is 9.53 Å². The van der Waals surface area contributed by atoms with E-state index in [0.717, 1.165) is 28.6 Å². The van der Waals surface area contributed by atoms with E-state index in [1.54, 1.807) is 14.2 Å². The maximum atomic E-state index is 12.1. The zero-order chi connectivity index (χ0) is 12.5. The number of carbonyl (C=O) groups is 1. The van der Waals surface area contributed by atoms with E-state index in [2.05, 4.69) is 26.8 Å². The van der Waals surface area contributed by atoms with Gasteiger partial charge < -0.3 is 4.74 Å². The lowest BCUT2D eigenvalue weighted by Gasteiger charge is -2.18. The third-order valence-corrected chi connectivity index (χ3v) is 3.59. The number of ether oxygens (including phenoxy) is 1. The van der Waals surface area contributed by atoms with Crippen LogP contribution in [-0.4, -0.2) is 20.1 Å². The van der Waals surface area contributed by atoms with Crippen LogP contribution in [0.25, 0.3) is 0 Å². The number of hydrogen-bond acceptors (Lipinski definition) is 3. The number of halogens is 1. The smallest absolute Gasteiger partial charge is 0.244 e. The number of rotatable bonds is 4. The molecule has 1 saturated carbocycles. The van der Waals surface area contributed by atoms with Gasteiger partial charge >= 0.3 is 0 Å². The molecule has 0 spiro atoms. The number of benzene rings is 1. The van der Waals surface area contributed by atoms with Crippen molar-refractivity contribution in [1.82, 2.24) is 10.9 Å². The van der Waals surface area contributed by atoms with Crippen LogP contribution in [0.15, 0.2) is 22.7 Å². The number of hydrazine groups is 1. The molecule has 0 aliphatic heterocycles. The lowest BCUT2D eigenvalue weighted by molar-refractivity contribution is -0.124. The standard InChI is InChI=1S/C12H15BrN2O2/c1-14-15-11(16)12(5-6-12)9-7-8(13)3-4-10(9)17-2/h3-4,7,14H,5-6H2,1-2H3,(H,15,16). The van der Waals surface area contributed by atoms with E-state index in [9.17, 15) is 4.79 Å². The molecule has 2 rings (SSSR count). The Hall–Kier alpha value is -1.07. The average Bonchev–Trinajstić information content (AvgIpc) is 3.10. The van der Waals surface area contributed by atoms with Gasteiger partial charge in [-0.3, -0.25) is 10.2 Å². The second-order valence-corrected chi connectivity index (χ2v) is 5.05. The van der Waals surface area contributed by atoms with Crippen LogP contribution < -0.4 is 15.6 Å². The van der Waals surface area contributed by atoms with Crippen molar-refractivity contribution in [3.63, 3.8) is 0 Å². The van der Waals surface area contributed by atoms with Crippen molar-refractivity contribution in [2.75, 3.05) is 14.2 Å². The second kappa shape index (κ2) is 4.66. The lowest BCUT2D eigenvalue weighted by atomic mass is 9.94. The Morgan fingerprint density at radius 3 is 2.71 bits per heavy atom. The molecule has 0 aromatic heterocycles. The van der Waals surface area contributed by atoms with Crippen molar-refractivity contribution in [1.29, 1.82) is 0 Å². The minimum atomic E-state index is -0.432. The SMILES string of the molecule is CNNC(=O)C1(c2cc(Br)ccc2OC)CC1. The molecule has 0 bridgehead atoms. The van der Waals surface area contributed by atoms with E-state index in [1.165, 1.54) is 0 Å². The highest BCUT2D eigenvalue weighted by molar-refractivity contribution is 9.10. The second-order valence-electron chi connectivity index (χ2n) is 4.13. The molecule has 1 aliphatic rings. The quantitative estimate of drug-likeness (QED) is 0.833. The third kappa shape index (κ3) is 2.17. The summed E-state index contributed by atoms with van der Waals surface area (Å²) < 4.78 is 6.29. The van der Waals surface area contributed by atoms with Crippen molar-refractivity contribution >= 4 is 21.8 Å². The Balaban J connectivity index is 2.39. The van der Waals surface area contributed by atoms with Gasteiger partial charge in [0, 0.05) is 17.1 Å². The highest BCUT2D eigenvalue weighted by atomic mass is 79.9. The molecule has 0 atom stereocenters. The number of carbonyl (C=O) groups excluding carboxylic acids is 1.